The lowest BCUT2D eigenvalue weighted by Gasteiger charge is -2.34. The molecule has 29 heavy (non-hydrogen) atoms. The lowest BCUT2D eigenvalue weighted by Crippen LogP contribution is -2.49. The van der Waals surface area contributed by atoms with E-state index in [2.05, 4.69) is 4.98 Å². The van der Waals surface area contributed by atoms with Crippen molar-refractivity contribution in [3.63, 3.8) is 0 Å². The number of hydrogen-bond donors (Lipinski definition) is 0. The van der Waals surface area contributed by atoms with Crippen LogP contribution in [0.4, 0.5) is 0 Å². The molecule has 0 bridgehead atoms. The van der Waals surface area contributed by atoms with E-state index in [4.69, 9.17) is 4.42 Å². The van der Waals surface area contributed by atoms with Crippen LogP contribution in [0.1, 0.15) is 69.5 Å². The number of ketones is 1. The Bertz CT molecular complexity index is 913. The summed E-state index contributed by atoms with van der Waals surface area (Å²) in [7, 11) is 0. The smallest absolute Gasteiger partial charge is 0.290 e. The summed E-state index contributed by atoms with van der Waals surface area (Å²) >= 11 is 1.48. The van der Waals surface area contributed by atoms with Gasteiger partial charge in [-0.25, -0.2) is 4.98 Å². The minimum absolute atomic E-state index is 0.0283. The lowest BCUT2D eigenvalue weighted by atomic mass is 9.97. The number of nitrogens with zero attached hydrogens (tertiary/aromatic N) is 3. The van der Waals surface area contributed by atoms with E-state index < -0.39 is 6.04 Å². The molecule has 2 aromatic heterocycles. The highest BCUT2D eigenvalue weighted by Crippen LogP contribution is 2.33. The molecule has 2 aliphatic heterocycles. The molecule has 2 aliphatic rings. The molecule has 7 nitrogen and oxygen atoms in total. The van der Waals surface area contributed by atoms with Crippen LogP contribution in [0.3, 0.4) is 0 Å². The summed E-state index contributed by atoms with van der Waals surface area (Å²) in [5, 5.41) is 0.996. The summed E-state index contributed by atoms with van der Waals surface area (Å²) in [5.41, 5.74) is 0.800. The van der Waals surface area contributed by atoms with Gasteiger partial charge in [0.2, 0.25) is 5.91 Å². The van der Waals surface area contributed by atoms with Crippen molar-refractivity contribution in [3.8, 4) is 0 Å². The zero-order valence-corrected chi connectivity index (χ0v) is 17.5. The third-order valence-electron chi connectivity index (χ3n) is 5.82. The van der Waals surface area contributed by atoms with Gasteiger partial charge in [-0.15, -0.1) is 11.3 Å². The highest BCUT2D eigenvalue weighted by molar-refractivity contribution is 7.13. The summed E-state index contributed by atoms with van der Waals surface area (Å²) in [4.78, 5) is 46.3. The van der Waals surface area contributed by atoms with Crippen molar-refractivity contribution >= 4 is 28.9 Å². The van der Waals surface area contributed by atoms with Gasteiger partial charge in [-0.1, -0.05) is 0 Å². The Morgan fingerprint density at radius 1 is 1.17 bits per heavy atom. The van der Waals surface area contributed by atoms with Crippen LogP contribution >= 0.6 is 11.3 Å². The first-order chi connectivity index (χ1) is 14.0. The fraction of sp³-hybridized carbons (Fsp3) is 0.524. The second-order valence-corrected chi connectivity index (χ2v) is 8.79. The topological polar surface area (TPSA) is 83.7 Å². The van der Waals surface area contributed by atoms with E-state index in [9.17, 15) is 14.4 Å². The largest absolute Gasteiger partial charge is 0.459 e. The monoisotopic (exact) mass is 415 g/mol. The Morgan fingerprint density at radius 2 is 1.93 bits per heavy atom. The molecule has 2 saturated heterocycles. The highest BCUT2D eigenvalue weighted by Gasteiger charge is 2.39. The zero-order valence-electron chi connectivity index (χ0n) is 16.7. The van der Waals surface area contributed by atoms with Gasteiger partial charge in [0.05, 0.1) is 21.8 Å². The number of piperidine rings is 1. The molecule has 2 amide bonds. The van der Waals surface area contributed by atoms with E-state index in [0.717, 1.165) is 34.8 Å². The van der Waals surface area contributed by atoms with Crippen LogP contribution in [0.2, 0.25) is 0 Å². The van der Waals surface area contributed by atoms with Gasteiger partial charge in [-0.2, -0.15) is 0 Å². The van der Waals surface area contributed by atoms with E-state index in [1.54, 1.807) is 24.0 Å². The predicted molar refractivity (Wildman–Crippen MR) is 108 cm³/mol. The molecule has 0 radical (unpaired) electrons. The van der Waals surface area contributed by atoms with Gasteiger partial charge in [0.15, 0.2) is 11.5 Å². The molecule has 0 N–H and O–H groups in total. The summed E-state index contributed by atoms with van der Waals surface area (Å²) in [5.74, 6) is 0.432. The summed E-state index contributed by atoms with van der Waals surface area (Å²) in [6.07, 6.45) is 4.65. The maximum absolute atomic E-state index is 13.1. The van der Waals surface area contributed by atoms with E-state index in [0.29, 0.717) is 26.1 Å². The molecule has 0 spiro atoms. The number of aromatic nitrogens is 1. The van der Waals surface area contributed by atoms with Gasteiger partial charge in [-0.05, 0) is 44.7 Å². The fourth-order valence-electron chi connectivity index (χ4n) is 4.28. The number of carbonyl (C=O) groups excluding carboxylic acids is 3. The number of likely N-dealkylation sites (tertiary alicyclic amines) is 2. The standard InChI is InChI=1S/C21H25N3O4S/c1-13-18(14(2)25)29-19(22-13)15-7-10-23(11-8-15)20(26)16-5-3-9-24(16)21(27)17-6-4-12-28-17/h4,6,12,15-16H,3,5,7-11H2,1-2H3. The molecule has 1 unspecified atom stereocenters. The molecular weight excluding hydrogens is 390 g/mol. The Morgan fingerprint density at radius 3 is 2.55 bits per heavy atom. The van der Waals surface area contributed by atoms with Crippen LogP contribution in [0.25, 0.3) is 0 Å². The minimum atomic E-state index is -0.407. The van der Waals surface area contributed by atoms with Crippen molar-refractivity contribution in [1.29, 1.82) is 0 Å². The molecule has 1 atom stereocenters. The van der Waals surface area contributed by atoms with Gasteiger partial charge < -0.3 is 14.2 Å². The van der Waals surface area contributed by atoms with Crippen molar-refractivity contribution in [1.82, 2.24) is 14.8 Å². The van der Waals surface area contributed by atoms with Crippen molar-refractivity contribution in [3.05, 3.63) is 39.7 Å². The minimum Gasteiger partial charge on any atom is -0.459 e. The maximum Gasteiger partial charge on any atom is 0.290 e. The average molecular weight is 416 g/mol. The predicted octanol–water partition coefficient (Wildman–Crippen LogP) is 3.26. The Labute approximate surface area is 173 Å². The first-order valence-corrected chi connectivity index (χ1v) is 10.9. The van der Waals surface area contributed by atoms with Gasteiger partial charge in [0.25, 0.3) is 5.91 Å². The normalized spacial score (nSPS) is 20.3. The van der Waals surface area contributed by atoms with Crippen molar-refractivity contribution < 1.29 is 18.8 Å². The summed E-state index contributed by atoms with van der Waals surface area (Å²) in [6, 6.07) is 2.91. The fourth-order valence-corrected chi connectivity index (χ4v) is 5.42. The van der Waals surface area contributed by atoms with Crippen LogP contribution in [-0.4, -0.2) is 58.1 Å². The summed E-state index contributed by atoms with van der Waals surface area (Å²) < 4.78 is 5.23. The Hall–Kier alpha value is -2.48. The molecule has 0 aliphatic carbocycles. The number of aryl methyl sites for hydroxylation is 1. The number of furan rings is 1. The molecular formula is C21H25N3O4S. The van der Waals surface area contributed by atoms with Crippen LogP contribution < -0.4 is 0 Å². The Balaban J connectivity index is 1.39. The van der Waals surface area contributed by atoms with Gasteiger partial charge in [-0.3, -0.25) is 14.4 Å². The Kier molecular flexibility index (Phi) is 5.54. The van der Waals surface area contributed by atoms with Gasteiger partial charge in [0.1, 0.15) is 6.04 Å². The molecule has 154 valence electrons. The lowest BCUT2D eigenvalue weighted by molar-refractivity contribution is -0.136. The average Bonchev–Trinajstić information content (AvgIpc) is 3.47. The number of thiazole rings is 1. The second kappa shape index (κ2) is 8.10. The van der Waals surface area contributed by atoms with Gasteiger partial charge in [0, 0.05) is 32.5 Å². The number of carbonyl (C=O) groups is 3. The van der Waals surface area contributed by atoms with E-state index >= 15 is 0 Å². The highest BCUT2D eigenvalue weighted by atomic mass is 32.1. The van der Waals surface area contributed by atoms with E-state index in [-0.39, 0.29) is 29.3 Å². The third kappa shape index (κ3) is 3.85. The van der Waals surface area contributed by atoms with Crippen molar-refractivity contribution in [2.45, 2.75) is 51.5 Å². The third-order valence-corrected chi connectivity index (χ3v) is 7.24. The van der Waals surface area contributed by atoms with Crippen LogP contribution in [0.5, 0.6) is 0 Å². The van der Waals surface area contributed by atoms with Crippen LogP contribution in [0, 0.1) is 6.92 Å². The molecule has 4 heterocycles. The molecule has 4 rings (SSSR count). The quantitative estimate of drug-likeness (QED) is 0.716. The maximum atomic E-state index is 13.1. The molecule has 8 heteroatoms. The summed E-state index contributed by atoms with van der Waals surface area (Å²) in [6.45, 7) is 5.33. The molecule has 0 aromatic carbocycles. The number of amides is 2. The zero-order chi connectivity index (χ0) is 20.5. The molecule has 0 saturated carbocycles. The van der Waals surface area contributed by atoms with Crippen LogP contribution in [0.15, 0.2) is 22.8 Å². The SMILES string of the molecule is CC(=O)c1sc(C2CCN(C(=O)C3CCCN3C(=O)c3ccco3)CC2)nc1C. The number of rotatable bonds is 4. The molecule has 2 fully saturated rings. The van der Waals surface area contributed by atoms with Crippen molar-refractivity contribution in [2.75, 3.05) is 19.6 Å². The number of hydrogen-bond acceptors (Lipinski definition) is 6. The first kappa shape index (κ1) is 19.8. The van der Waals surface area contributed by atoms with Gasteiger partial charge >= 0.3 is 0 Å². The second-order valence-electron chi connectivity index (χ2n) is 7.76. The van der Waals surface area contributed by atoms with Crippen LogP contribution in [-0.2, 0) is 4.79 Å². The van der Waals surface area contributed by atoms with E-state index in [1.165, 1.54) is 17.6 Å². The van der Waals surface area contributed by atoms with Crippen molar-refractivity contribution in [2.24, 2.45) is 0 Å². The van der Waals surface area contributed by atoms with E-state index in [1.807, 2.05) is 11.8 Å². The molecule has 2 aromatic rings. The first-order valence-electron chi connectivity index (χ1n) is 10.1. The number of Topliss-reactive ketones (excluding diaryl/α,β-unsaturated/α-hetero) is 1.